The van der Waals surface area contributed by atoms with E-state index in [9.17, 15) is 0 Å². The van der Waals surface area contributed by atoms with E-state index < -0.39 is 0 Å². The van der Waals surface area contributed by atoms with Crippen molar-refractivity contribution in [3.05, 3.63) is 79.1 Å². The van der Waals surface area contributed by atoms with Gasteiger partial charge in [0.25, 0.3) is 0 Å². The Bertz CT molecular complexity index is 1050. The van der Waals surface area contributed by atoms with Crippen molar-refractivity contribution in [3.63, 3.8) is 0 Å². The van der Waals surface area contributed by atoms with Crippen LogP contribution in [0.2, 0.25) is 0 Å². The Hall–Kier alpha value is -3.05. The summed E-state index contributed by atoms with van der Waals surface area (Å²) in [4.78, 5) is 8.05. The van der Waals surface area contributed by atoms with Gasteiger partial charge >= 0.3 is 0 Å². The van der Waals surface area contributed by atoms with Crippen molar-refractivity contribution in [1.82, 2.24) is 9.97 Å². The molecule has 4 aromatic rings. The number of aryl methyl sites for hydroxylation is 1. The Labute approximate surface area is 190 Å². The molecule has 0 saturated heterocycles. The Morgan fingerprint density at radius 1 is 0.688 bits per heavy atom. The number of unbranched alkanes of at least 4 members (excludes halogenated alkanes) is 6. The van der Waals surface area contributed by atoms with Crippen molar-refractivity contribution in [2.45, 2.75) is 58.0 Å². The van der Waals surface area contributed by atoms with Gasteiger partial charge in [0.05, 0.1) is 11.0 Å². The Kier molecular flexibility index (Phi) is 7.99. The number of benzene rings is 1. The fourth-order valence-corrected chi connectivity index (χ4v) is 4.10. The van der Waals surface area contributed by atoms with Crippen molar-refractivity contribution in [1.29, 1.82) is 0 Å². The third kappa shape index (κ3) is 6.24. The fourth-order valence-electron chi connectivity index (χ4n) is 4.10. The molecule has 5 heteroatoms. The summed E-state index contributed by atoms with van der Waals surface area (Å²) in [5.41, 5.74) is 4.55. The minimum absolute atomic E-state index is 0.331. The number of imidazole rings is 1. The molecule has 0 spiro atoms. The summed E-state index contributed by atoms with van der Waals surface area (Å²) in [6.07, 6.45) is 17.0. The molecule has 0 radical (unpaired) electrons. The SMILES string of the molecule is OCCCCCCCCC[n+]1ccc(-c2cc[n+](Cc3nc4ccccc4[nH]3)cc2)cc1. The van der Waals surface area contributed by atoms with Gasteiger partial charge < -0.3 is 10.1 Å². The van der Waals surface area contributed by atoms with Gasteiger partial charge in [-0.3, -0.25) is 0 Å². The number of para-hydroxylation sites is 2. The van der Waals surface area contributed by atoms with E-state index in [1.54, 1.807) is 0 Å². The van der Waals surface area contributed by atoms with Crippen molar-refractivity contribution in [2.24, 2.45) is 0 Å². The van der Waals surface area contributed by atoms with Crippen molar-refractivity contribution >= 4 is 11.0 Å². The zero-order valence-electron chi connectivity index (χ0n) is 18.8. The molecule has 0 bridgehead atoms. The molecule has 0 fully saturated rings. The summed E-state index contributed by atoms with van der Waals surface area (Å²) in [7, 11) is 0. The fraction of sp³-hybridized carbons (Fsp3) is 0.370. The van der Waals surface area contributed by atoms with E-state index in [-0.39, 0.29) is 0 Å². The highest BCUT2D eigenvalue weighted by Crippen LogP contribution is 2.16. The van der Waals surface area contributed by atoms with Crippen molar-refractivity contribution in [3.8, 4) is 11.1 Å². The molecule has 0 saturated carbocycles. The summed E-state index contributed by atoms with van der Waals surface area (Å²) >= 11 is 0. The monoisotopic (exact) mass is 430 g/mol. The zero-order chi connectivity index (χ0) is 22.0. The highest BCUT2D eigenvalue weighted by molar-refractivity contribution is 5.74. The van der Waals surface area contributed by atoms with Gasteiger partial charge in [-0.2, -0.15) is 4.57 Å². The average Bonchev–Trinajstić information content (AvgIpc) is 3.24. The highest BCUT2D eigenvalue weighted by Gasteiger charge is 2.09. The lowest BCUT2D eigenvalue weighted by Gasteiger charge is -2.02. The van der Waals surface area contributed by atoms with Crippen LogP contribution in [0.4, 0.5) is 0 Å². The van der Waals surface area contributed by atoms with E-state index in [1.165, 1.54) is 43.2 Å². The van der Waals surface area contributed by atoms with Gasteiger partial charge in [0.1, 0.15) is 6.54 Å². The minimum atomic E-state index is 0.331. The first kappa shape index (κ1) is 22.2. The number of pyridine rings is 2. The number of nitrogens with one attached hydrogen (secondary N) is 1. The minimum Gasteiger partial charge on any atom is -0.396 e. The number of aromatic nitrogens is 4. The normalized spacial score (nSPS) is 11.3. The standard InChI is InChI=1S/C27H33N4O/c32-21-9-5-3-1-2-4-8-16-30-17-12-23(13-18-30)24-14-19-31(20-15-24)22-27-28-25-10-6-7-11-26(25)29-27/h6-7,10-15,17-20,32H,1-5,8-9,16,21-22H2/q+1/p+1. The molecule has 0 aliphatic heterocycles. The summed E-state index contributed by atoms with van der Waals surface area (Å²) < 4.78 is 4.42. The van der Waals surface area contributed by atoms with Crippen LogP contribution in [-0.4, -0.2) is 21.7 Å². The van der Waals surface area contributed by atoms with Crippen LogP contribution >= 0.6 is 0 Å². The van der Waals surface area contributed by atoms with E-state index in [0.29, 0.717) is 6.61 Å². The Morgan fingerprint density at radius 3 is 1.94 bits per heavy atom. The summed E-state index contributed by atoms with van der Waals surface area (Å²) in [5.74, 6) is 0.967. The molecule has 0 unspecified atom stereocenters. The molecule has 32 heavy (non-hydrogen) atoms. The van der Waals surface area contributed by atoms with Gasteiger partial charge in [0.15, 0.2) is 30.6 Å². The first-order valence-electron chi connectivity index (χ1n) is 11.8. The number of hydrogen-bond acceptors (Lipinski definition) is 2. The van der Waals surface area contributed by atoms with Crippen LogP contribution < -0.4 is 9.13 Å². The van der Waals surface area contributed by atoms with Gasteiger partial charge in [0.2, 0.25) is 6.54 Å². The molecule has 0 aliphatic rings. The number of nitrogens with zero attached hydrogens (tertiary/aromatic N) is 3. The summed E-state index contributed by atoms with van der Waals surface area (Å²) in [5, 5.41) is 8.81. The van der Waals surface area contributed by atoms with Gasteiger partial charge in [-0.1, -0.05) is 37.8 Å². The molecule has 166 valence electrons. The second-order valence-electron chi connectivity index (χ2n) is 8.48. The van der Waals surface area contributed by atoms with Crippen LogP contribution in [0.25, 0.3) is 22.2 Å². The quantitative estimate of drug-likeness (QED) is 0.255. The lowest BCUT2D eigenvalue weighted by atomic mass is 10.1. The molecule has 3 heterocycles. The second kappa shape index (κ2) is 11.5. The van der Waals surface area contributed by atoms with Crippen LogP contribution in [0.5, 0.6) is 0 Å². The summed E-state index contributed by atoms with van der Waals surface area (Å²) in [6.45, 7) is 2.13. The molecule has 3 aromatic heterocycles. The second-order valence-corrected chi connectivity index (χ2v) is 8.48. The van der Waals surface area contributed by atoms with E-state index in [4.69, 9.17) is 5.11 Å². The van der Waals surface area contributed by atoms with E-state index >= 15 is 0 Å². The largest absolute Gasteiger partial charge is 0.396 e. The van der Waals surface area contributed by atoms with E-state index in [2.05, 4.69) is 74.2 Å². The maximum absolute atomic E-state index is 8.81. The van der Waals surface area contributed by atoms with Crippen molar-refractivity contribution in [2.75, 3.05) is 6.61 Å². The lowest BCUT2D eigenvalue weighted by molar-refractivity contribution is -0.697. The molecular weight excluding hydrogens is 396 g/mol. The number of rotatable bonds is 12. The molecule has 2 N–H and O–H groups in total. The average molecular weight is 431 g/mol. The molecule has 1 aromatic carbocycles. The topological polar surface area (TPSA) is 56.7 Å². The maximum atomic E-state index is 8.81. The van der Waals surface area contributed by atoms with Crippen LogP contribution in [0.3, 0.4) is 0 Å². The number of aliphatic hydroxyl groups excluding tert-OH is 1. The molecule has 0 atom stereocenters. The number of aromatic amines is 1. The smallest absolute Gasteiger partial charge is 0.205 e. The zero-order valence-corrected chi connectivity index (χ0v) is 18.8. The first-order valence-corrected chi connectivity index (χ1v) is 11.8. The lowest BCUT2D eigenvalue weighted by Crippen LogP contribution is -2.33. The maximum Gasteiger partial charge on any atom is 0.205 e. The highest BCUT2D eigenvalue weighted by atomic mass is 16.2. The summed E-state index contributed by atoms with van der Waals surface area (Å²) in [6, 6.07) is 16.9. The number of fused-ring (bicyclic) bond motifs is 1. The number of hydrogen-bond donors (Lipinski definition) is 2. The van der Waals surface area contributed by atoms with Gasteiger partial charge in [0, 0.05) is 37.3 Å². The molecule has 0 amide bonds. The van der Waals surface area contributed by atoms with Crippen molar-refractivity contribution < 1.29 is 14.2 Å². The van der Waals surface area contributed by atoms with Crippen LogP contribution in [-0.2, 0) is 13.1 Å². The van der Waals surface area contributed by atoms with Gasteiger partial charge in [-0.25, -0.2) is 9.55 Å². The molecule has 5 nitrogen and oxygen atoms in total. The third-order valence-electron chi connectivity index (χ3n) is 5.96. The van der Waals surface area contributed by atoms with Gasteiger partial charge in [-0.05, 0) is 36.1 Å². The Balaban J connectivity index is 1.25. The van der Waals surface area contributed by atoms with Crippen LogP contribution in [0.15, 0.2) is 73.3 Å². The van der Waals surface area contributed by atoms with E-state index in [1.807, 2.05) is 18.2 Å². The predicted molar refractivity (Wildman–Crippen MR) is 127 cm³/mol. The molecule has 0 aliphatic carbocycles. The molecule has 4 rings (SSSR count). The molecular formula is C27H34N4O+2. The third-order valence-corrected chi connectivity index (χ3v) is 5.96. The first-order chi connectivity index (χ1) is 15.8. The van der Waals surface area contributed by atoms with E-state index in [0.717, 1.165) is 42.8 Å². The Morgan fingerprint density at radius 2 is 1.28 bits per heavy atom. The predicted octanol–water partition coefficient (Wildman–Crippen LogP) is 4.58. The van der Waals surface area contributed by atoms with Gasteiger partial charge in [-0.15, -0.1) is 0 Å². The van der Waals surface area contributed by atoms with Crippen LogP contribution in [0, 0.1) is 0 Å². The number of H-pyrrole nitrogens is 1. The number of aliphatic hydroxyl groups is 1. The van der Waals surface area contributed by atoms with Crippen LogP contribution in [0.1, 0.15) is 50.8 Å².